The van der Waals surface area contributed by atoms with Gasteiger partial charge in [-0.15, -0.1) is 11.3 Å². The van der Waals surface area contributed by atoms with E-state index in [0.29, 0.717) is 11.3 Å². The lowest BCUT2D eigenvalue weighted by Crippen LogP contribution is -2.13. The molecule has 21 heavy (non-hydrogen) atoms. The van der Waals surface area contributed by atoms with Gasteiger partial charge in [-0.2, -0.15) is 0 Å². The molecule has 9 heteroatoms. The van der Waals surface area contributed by atoms with Crippen molar-refractivity contribution in [2.24, 2.45) is 0 Å². The second kappa shape index (κ2) is 5.67. The van der Waals surface area contributed by atoms with Crippen LogP contribution in [-0.4, -0.2) is 26.9 Å². The smallest absolute Gasteiger partial charge is 0.355 e. The number of non-ortho nitro benzene ring substituents is 1. The summed E-state index contributed by atoms with van der Waals surface area (Å²) in [7, 11) is 0. The number of benzene rings is 1. The molecular weight excluding hydrogens is 298 g/mol. The monoisotopic (exact) mass is 307 g/mol. The van der Waals surface area contributed by atoms with Crippen molar-refractivity contribution in [1.82, 2.24) is 4.98 Å². The zero-order valence-electron chi connectivity index (χ0n) is 10.7. The number of nitro benzene ring substituents is 1. The van der Waals surface area contributed by atoms with Crippen LogP contribution in [0.15, 0.2) is 23.6 Å². The van der Waals surface area contributed by atoms with Gasteiger partial charge in [-0.05, 0) is 18.6 Å². The number of nitrogens with zero attached hydrogens (tertiary/aromatic N) is 2. The molecule has 0 aliphatic heterocycles. The summed E-state index contributed by atoms with van der Waals surface area (Å²) in [5.41, 5.74) is 0.642. The van der Waals surface area contributed by atoms with Crippen molar-refractivity contribution in [3.8, 4) is 0 Å². The molecule has 1 heterocycles. The number of aromatic nitrogens is 1. The van der Waals surface area contributed by atoms with Crippen molar-refractivity contribution >= 4 is 34.6 Å². The number of hydrogen-bond acceptors (Lipinski definition) is 6. The molecule has 0 saturated carbocycles. The van der Waals surface area contributed by atoms with Crippen molar-refractivity contribution in [2.45, 2.75) is 6.92 Å². The maximum Gasteiger partial charge on any atom is 0.355 e. The molecule has 2 N–H and O–H groups in total. The summed E-state index contributed by atoms with van der Waals surface area (Å²) in [4.78, 5) is 36.4. The van der Waals surface area contributed by atoms with E-state index in [1.54, 1.807) is 6.92 Å². The van der Waals surface area contributed by atoms with Gasteiger partial charge in [0.1, 0.15) is 0 Å². The summed E-state index contributed by atoms with van der Waals surface area (Å²) >= 11 is 0.907. The molecule has 0 radical (unpaired) electrons. The first-order valence-corrected chi connectivity index (χ1v) is 6.51. The van der Waals surface area contributed by atoms with Crippen LogP contribution >= 0.6 is 11.3 Å². The van der Waals surface area contributed by atoms with E-state index in [1.807, 2.05) is 0 Å². The lowest BCUT2D eigenvalue weighted by atomic mass is 10.2. The average Bonchev–Trinajstić information content (AvgIpc) is 2.90. The number of thiazole rings is 1. The first kappa shape index (κ1) is 14.6. The maximum absolute atomic E-state index is 11.9. The van der Waals surface area contributed by atoms with E-state index < -0.39 is 16.8 Å². The van der Waals surface area contributed by atoms with Gasteiger partial charge in [0, 0.05) is 23.2 Å². The number of aryl methyl sites for hydroxylation is 1. The minimum absolute atomic E-state index is 0.00477. The zero-order chi connectivity index (χ0) is 15.6. The highest BCUT2D eigenvalue weighted by Gasteiger charge is 2.16. The Morgan fingerprint density at radius 3 is 2.67 bits per heavy atom. The summed E-state index contributed by atoms with van der Waals surface area (Å²) in [6, 6.07) is 4.02. The number of carbonyl (C=O) groups excluding carboxylic acids is 1. The molecule has 0 bridgehead atoms. The summed E-state index contributed by atoms with van der Waals surface area (Å²) in [6.45, 7) is 1.62. The van der Waals surface area contributed by atoms with Crippen LogP contribution in [0.25, 0.3) is 0 Å². The fourth-order valence-corrected chi connectivity index (χ4v) is 2.24. The number of nitrogens with one attached hydrogen (secondary N) is 1. The number of rotatable bonds is 4. The third-order valence-electron chi connectivity index (χ3n) is 2.59. The minimum Gasteiger partial charge on any atom is -0.476 e. The first-order chi connectivity index (χ1) is 9.88. The lowest BCUT2D eigenvalue weighted by Gasteiger charge is -2.06. The Hall–Kier alpha value is -2.81. The number of hydrogen-bond donors (Lipinski definition) is 2. The van der Waals surface area contributed by atoms with Crippen LogP contribution in [0.1, 0.15) is 25.9 Å². The van der Waals surface area contributed by atoms with Crippen molar-refractivity contribution in [2.75, 3.05) is 5.32 Å². The van der Waals surface area contributed by atoms with Gasteiger partial charge in [0.25, 0.3) is 11.6 Å². The van der Waals surface area contributed by atoms with Crippen molar-refractivity contribution < 1.29 is 19.6 Å². The van der Waals surface area contributed by atoms with E-state index >= 15 is 0 Å². The van der Waals surface area contributed by atoms with Gasteiger partial charge in [0.2, 0.25) is 0 Å². The summed E-state index contributed by atoms with van der Waals surface area (Å²) in [5, 5.41) is 23.2. The lowest BCUT2D eigenvalue weighted by molar-refractivity contribution is -0.384. The number of anilines is 1. The fourth-order valence-electron chi connectivity index (χ4n) is 1.55. The number of amides is 1. The summed E-state index contributed by atoms with van der Waals surface area (Å²) < 4.78 is 0. The number of carbonyl (C=O) groups is 2. The van der Waals surface area contributed by atoms with Gasteiger partial charge in [-0.25, -0.2) is 9.78 Å². The zero-order valence-corrected chi connectivity index (χ0v) is 11.5. The van der Waals surface area contributed by atoms with Gasteiger partial charge in [-0.3, -0.25) is 14.9 Å². The molecule has 0 unspecified atom stereocenters. The molecule has 0 fully saturated rings. The highest BCUT2D eigenvalue weighted by Crippen LogP contribution is 2.22. The van der Waals surface area contributed by atoms with Gasteiger partial charge >= 0.3 is 5.97 Å². The molecule has 1 amide bonds. The second-order valence-corrected chi connectivity index (χ2v) is 4.91. The molecule has 8 nitrogen and oxygen atoms in total. The van der Waals surface area contributed by atoms with Crippen molar-refractivity contribution in [3.63, 3.8) is 0 Å². The number of carboxylic acids is 1. The Balaban J connectivity index is 2.19. The largest absolute Gasteiger partial charge is 0.476 e. The normalized spacial score (nSPS) is 10.1. The maximum atomic E-state index is 11.9. The van der Waals surface area contributed by atoms with E-state index in [0.717, 1.165) is 11.3 Å². The standard InChI is InChI=1S/C12H9N3O5S/c1-6-4-7(15(19)20)2-3-8(6)13-10(16)11-14-9(5-21-11)12(17)18/h2-5H,1H3,(H,13,16)(H,17,18). The van der Waals surface area contributed by atoms with Crippen molar-refractivity contribution in [1.29, 1.82) is 0 Å². The third-order valence-corrected chi connectivity index (χ3v) is 3.43. The van der Waals surface area contributed by atoms with Crippen LogP contribution in [0.5, 0.6) is 0 Å². The molecule has 0 saturated heterocycles. The predicted molar refractivity (Wildman–Crippen MR) is 74.9 cm³/mol. The van der Waals surface area contributed by atoms with Crippen molar-refractivity contribution in [3.05, 3.63) is 50.0 Å². The Bertz CT molecular complexity index is 740. The summed E-state index contributed by atoms with van der Waals surface area (Å²) in [6.07, 6.45) is 0. The molecule has 108 valence electrons. The molecule has 2 aromatic rings. The van der Waals surface area contributed by atoms with E-state index in [1.165, 1.54) is 23.6 Å². The highest BCUT2D eigenvalue weighted by molar-refractivity contribution is 7.12. The summed E-state index contributed by atoms with van der Waals surface area (Å²) in [5.74, 6) is -1.78. The molecule has 1 aromatic heterocycles. The molecule has 2 rings (SSSR count). The van der Waals surface area contributed by atoms with Gasteiger partial charge in [0.05, 0.1) is 4.92 Å². The first-order valence-electron chi connectivity index (χ1n) is 5.63. The van der Waals surface area contributed by atoms with Crippen LogP contribution in [0.2, 0.25) is 0 Å². The molecule has 0 aliphatic carbocycles. The van der Waals surface area contributed by atoms with Crippen LogP contribution in [0.4, 0.5) is 11.4 Å². The van der Waals surface area contributed by atoms with Gasteiger partial charge in [0.15, 0.2) is 10.7 Å². The molecule has 0 atom stereocenters. The van der Waals surface area contributed by atoms with E-state index in [9.17, 15) is 19.7 Å². The quantitative estimate of drug-likeness (QED) is 0.660. The molecule has 0 spiro atoms. The van der Waals surface area contributed by atoms with E-state index in [-0.39, 0.29) is 16.4 Å². The second-order valence-electron chi connectivity index (χ2n) is 4.05. The number of aromatic carboxylic acids is 1. The fraction of sp³-hybridized carbons (Fsp3) is 0.0833. The highest BCUT2D eigenvalue weighted by atomic mass is 32.1. The van der Waals surface area contributed by atoms with E-state index in [2.05, 4.69) is 10.3 Å². The van der Waals surface area contributed by atoms with E-state index in [4.69, 9.17) is 5.11 Å². The van der Waals surface area contributed by atoms with Crippen LogP contribution < -0.4 is 5.32 Å². The Labute approximate surface area is 122 Å². The average molecular weight is 307 g/mol. The van der Waals surface area contributed by atoms with Crippen LogP contribution in [-0.2, 0) is 0 Å². The predicted octanol–water partition coefficient (Wildman–Crippen LogP) is 2.31. The molecular formula is C12H9N3O5S. The van der Waals surface area contributed by atoms with Crippen LogP contribution in [0.3, 0.4) is 0 Å². The topological polar surface area (TPSA) is 122 Å². The Morgan fingerprint density at radius 1 is 1.43 bits per heavy atom. The van der Waals surface area contributed by atoms with Gasteiger partial charge < -0.3 is 10.4 Å². The minimum atomic E-state index is -1.21. The molecule has 0 aliphatic rings. The van der Waals surface area contributed by atoms with Gasteiger partial charge in [-0.1, -0.05) is 0 Å². The van der Waals surface area contributed by atoms with Crippen LogP contribution in [0, 0.1) is 17.0 Å². The SMILES string of the molecule is Cc1cc([N+](=O)[O-])ccc1NC(=O)c1nc(C(=O)O)cs1. The Morgan fingerprint density at radius 2 is 2.14 bits per heavy atom. The third kappa shape index (κ3) is 3.20. The number of nitro groups is 1. The Kier molecular flexibility index (Phi) is 3.94. The molecule has 1 aromatic carbocycles. The number of carboxylic acid groups (broad SMARTS) is 1.